The smallest absolute Gasteiger partial charge is 0.133 e. The number of aromatic nitrogens is 1. The van der Waals surface area contributed by atoms with E-state index in [2.05, 4.69) is 58.0 Å². The molecule has 0 spiro atoms. The minimum absolute atomic E-state index is 0.752. The highest BCUT2D eigenvalue weighted by molar-refractivity contribution is 9.10. The lowest BCUT2D eigenvalue weighted by Crippen LogP contribution is -2.24. The molecular weight excluding hydrogens is 290 g/mol. The van der Waals surface area contributed by atoms with E-state index in [1.807, 2.05) is 6.20 Å². The van der Waals surface area contributed by atoms with Crippen molar-refractivity contribution in [1.82, 2.24) is 10.3 Å². The van der Waals surface area contributed by atoms with Crippen molar-refractivity contribution in [3.63, 3.8) is 0 Å². The van der Waals surface area contributed by atoms with Crippen molar-refractivity contribution in [1.29, 1.82) is 0 Å². The first-order chi connectivity index (χ1) is 8.61. The molecule has 0 bridgehead atoms. The molecule has 1 N–H and O–H groups in total. The van der Waals surface area contributed by atoms with Crippen molar-refractivity contribution < 1.29 is 0 Å². The van der Waals surface area contributed by atoms with E-state index in [4.69, 9.17) is 0 Å². The summed E-state index contributed by atoms with van der Waals surface area (Å²) in [7, 11) is 0. The van der Waals surface area contributed by atoms with Crippen molar-refractivity contribution in [2.45, 2.75) is 27.3 Å². The number of hydrogen-bond acceptors (Lipinski definition) is 3. The molecule has 0 radical (unpaired) electrons. The molecule has 1 aromatic rings. The second-order valence-electron chi connectivity index (χ2n) is 5.28. The summed E-state index contributed by atoms with van der Waals surface area (Å²) in [5, 5.41) is 3.39. The summed E-state index contributed by atoms with van der Waals surface area (Å²) in [6, 6.07) is 2.18. The van der Waals surface area contributed by atoms with Gasteiger partial charge in [-0.05, 0) is 40.4 Å². The summed E-state index contributed by atoms with van der Waals surface area (Å²) in [5.41, 5.74) is 1.28. The van der Waals surface area contributed by atoms with Gasteiger partial charge in [0, 0.05) is 35.9 Å². The van der Waals surface area contributed by atoms with Gasteiger partial charge in [-0.2, -0.15) is 0 Å². The zero-order chi connectivity index (χ0) is 13.1. The van der Waals surface area contributed by atoms with Gasteiger partial charge in [-0.15, -0.1) is 0 Å². The van der Waals surface area contributed by atoms with Crippen molar-refractivity contribution in [2.24, 2.45) is 11.8 Å². The number of hydrogen-bond donors (Lipinski definition) is 1. The highest BCUT2D eigenvalue weighted by Gasteiger charge is 2.28. The summed E-state index contributed by atoms with van der Waals surface area (Å²) >= 11 is 3.51. The third-order valence-corrected chi connectivity index (χ3v) is 4.20. The Morgan fingerprint density at radius 1 is 1.39 bits per heavy atom. The lowest BCUT2D eigenvalue weighted by molar-refractivity contribution is 0.494. The van der Waals surface area contributed by atoms with Crippen molar-refractivity contribution in [3.8, 4) is 0 Å². The molecule has 1 fully saturated rings. The van der Waals surface area contributed by atoms with Crippen LogP contribution in [0.2, 0.25) is 0 Å². The van der Waals surface area contributed by atoms with Crippen LogP contribution in [0.1, 0.15) is 26.3 Å². The maximum Gasteiger partial charge on any atom is 0.133 e. The summed E-state index contributed by atoms with van der Waals surface area (Å²) in [4.78, 5) is 7.05. The van der Waals surface area contributed by atoms with Crippen molar-refractivity contribution >= 4 is 21.7 Å². The van der Waals surface area contributed by atoms with E-state index >= 15 is 0 Å². The molecule has 2 heterocycles. The molecule has 0 aliphatic carbocycles. The number of nitrogens with zero attached hydrogens (tertiary/aromatic N) is 2. The fourth-order valence-electron chi connectivity index (χ4n) is 2.45. The van der Waals surface area contributed by atoms with Gasteiger partial charge < -0.3 is 10.2 Å². The molecule has 1 aromatic heterocycles. The van der Waals surface area contributed by atoms with Gasteiger partial charge in [0.05, 0.1) is 0 Å². The highest BCUT2D eigenvalue weighted by Crippen LogP contribution is 2.29. The molecule has 0 aromatic carbocycles. The summed E-state index contributed by atoms with van der Waals surface area (Å²) in [6.07, 6.45) is 1.90. The highest BCUT2D eigenvalue weighted by atomic mass is 79.9. The van der Waals surface area contributed by atoms with Gasteiger partial charge in [0.25, 0.3) is 0 Å². The molecule has 1 aliphatic rings. The van der Waals surface area contributed by atoms with Crippen LogP contribution in [-0.4, -0.2) is 24.6 Å². The van der Waals surface area contributed by atoms with Crippen LogP contribution in [-0.2, 0) is 6.54 Å². The Morgan fingerprint density at radius 3 is 2.67 bits per heavy atom. The maximum absolute atomic E-state index is 4.62. The normalized spacial score (nSPS) is 23.7. The van der Waals surface area contributed by atoms with Crippen LogP contribution in [0.15, 0.2) is 16.7 Å². The zero-order valence-electron chi connectivity index (χ0n) is 11.4. The molecule has 2 unspecified atom stereocenters. The topological polar surface area (TPSA) is 28.2 Å². The molecule has 1 saturated heterocycles. The van der Waals surface area contributed by atoms with Gasteiger partial charge in [-0.1, -0.05) is 20.8 Å². The summed E-state index contributed by atoms with van der Waals surface area (Å²) in [5.74, 6) is 2.65. The number of anilines is 1. The number of rotatable bonds is 4. The molecule has 4 heteroatoms. The molecule has 100 valence electrons. The monoisotopic (exact) mass is 311 g/mol. The van der Waals surface area contributed by atoms with E-state index in [1.54, 1.807) is 0 Å². The predicted octanol–water partition coefficient (Wildman–Crippen LogP) is 3.05. The van der Waals surface area contributed by atoms with Gasteiger partial charge >= 0.3 is 0 Å². The van der Waals surface area contributed by atoms with Gasteiger partial charge in [0.15, 0.2) is 0 Å². The van der Waals surface area contributed by atoms with Gasteiger partial charge in [0.1, 0.15) is 5.82 Å². The predicted molar refractivity (Wildman–Crippen MR) is 79.9 cm³/mol. The van der Waals surface area contributed by atoms with Crippen LogP contribution in [0.5, 0.6) is 0 Å². The van der Waals surface area contributed by atoms with Crippen LogP contribution in [0.4, 0.5) is 5.82 Å². The van der Waals surface area contributed by atoms with Gasteiger partial charge in [-0.25, -0.2) is 4.98 Å². The van der Waals surface area contributed by atoms with Crippen LogP contribution < -0.4 is 10.2 Å². The molecular formula is C14H22BrN3. The first kappa shape index (κ1) is 13.8. The third kappa shape index (κ3) is 3.04. The molecule has 2 atom stereocenters. The molecule has 3 nitrogen and oxygen atoms in total. The van der Waals surface area contributed by atoms with Crippen LogP contribution in [0.3, 0.4) is 0 Å². The summed E-state index contributed by atoms with van der Waals surface area (Å²) < 4.78 is 1.06. The lowest BCUT2D eigenvalue weighted by atomic mass is 10.0. The molecule has 1 aliphatic heterocycles. The summed E-state index contributed by atoms with van der Waals surface area (Å²) in [6.45, 7) is 10.9. The van der Waals surface area contributed by atoms with Gasteiger partial charge in [-0.3, -0.25) is 0 Å². The number of pyridine rings is 1. The fourth-order valence-corrected chi connectivity index (χ4v) is 2.83. The van der Waals surface area contributed by atoms with E-state index in [0.29, 0.717) is 0 Å². The first-order valence-electron chi connectivity index (χ1n) is 6.72. The minimum Gasteiger partial charge on any atom is -0.356 e. The average Bonchev–Trinajstić information content (AvgIpc) is 2.67. The average molecular weight is 312 g/mol. The van der Waals surface area contributed by atoms with Crippen molar-refractivity contribution in [2.75, 3.05) is 24.5 Å². The Balaban J connectivity index is 2.21. The quantitative estimate of drug-likeness (QED) is 0.926. The maximum atomic E-state index is 4.62. The molecule has 2 rings (SSSR count). The van der Waals surface area contributed by atoms with E-state index in [-0.39, 0.29) is 0 Å². The lowest BCUT2D eigenvalue weighted by Gasteiger charge is -2.21. The Labute approximate surface area is 118 Å². The van der Waals surface area contributed by atoms with E-state index in [1.165, 1.54) is 5.56 Å². The largest absolute Gasteiger partial charge is 0.356 e. The van der Waals surface area contributed by atoms with E-state index in [9.17, 15) is 0 Å². The standard InChI is InChI=1S/C14H22BrN3/c1-4-16-6-12-5-13(15)7-17-14(12)18-8-10(2)11(3)9-18/h5,7,10-11,16H,4,6,8-9H2,1-3H3. The Morgan fingerprint density at radius 2 is 2.06 bits per heavy atom. The van der Waals surface area contributed by atoms with Crippen LogP contribution >= 0.6 is 15.9 Å². The van der Waals surface area contributed by atoms with Crippen LogP contribution in [0.25, 0.3) is 0 Å². The first-order valence-corrected chi connectivity index (χ1v) is 7.51. The van der Waals surface area contributed by atoms with Crippen molar-refractivity contribution in [3.05, 3.63) is 22.3 Å². The Hall–Kier alpha value is -0.610. The number of halogens is 1. The van der Waals surface area contributed by atoms with E-state index in [0.717, 1.165) is 48.3 Å². The Bertz CT molecular complexity index is 398. The fraction of sp³-hybridized carbons (Fsp3) is 0.643. The van der Waals surface area contributed by atoms with Crippen LogP contribution in [0, 0.1) is 11.8 Å². The SMILES string of the molecule is CCNCc1cc(Br)cnc1N1CC(C)C(C)C1. The Kier molecular flexibility index (Phi) is 4.62. The second kappa shape index (κ2) is 6.02. The zero-order valence-corrected chi connectivity index (χ0v) is 13.0. The third-order valence-electron chi connectivity index (χ3n) is 3.76. The second-order valence-corrected chi connectivity index (χ2v) is 6.19. The molecule has 0 saturated carbocycles. The number of nitrogens with one attached hydrogen (secondary N) is 1. The molecule has 0 amide bonds. The van der Waals surface area contributed by atoms with Gasteiger partial charge in [0.2, 0.25) is 0 Å². The minimum atomic E-state index is 0.752. The van der Waals surface area contributed by atoms with E-state index < -0.39 is 0 Å². The molecule has 18 heavy (non-hydrogen) atoms.